The van der Waals surface area contributed by atoms with Crippen LogP contribution in [0.2, 0.25) is 0 Å². The summed E-state index contributed by atoms with van der Waals surface area (Å²) in [5.74, 6) is 0. The highest BCUT2D eigenvalue weighted by atomic mass is 16.5. The number of hydrogen-bond donors (Lipinski definition) is 1. The van der Waals surface area contributed by atoms with Gasteiger partial charge < -0.3 is 10.1 Å². The first-order chi connectivity index (χ1) is 5.79. The van der Waals surface area contributed by atoms with Crippen molar-refractivity contribution in [3.63, 3.8) is 0 Å². The third-order valence-corrected chi connectivity index (χ3v) is 2.94. The Morgan fingerprint density at radius 1 is 1.58 bits per heavy atom. The second-order valence-corrected chi connectivity index (χ2v) is 3.91. The Balaban J connectivity index is 1.86. The number of hydrogen-bond acceptors (Lipinski definition) is 2. The van der Waals surface area contributed by atoms with E-state index in [1.54, 1.807) is 0 Å². The van der Waals surface area contributed by atoms with Crippen molar-refractivity contribution in [3.8, 4) is 0 Å². The summed E-state index contributed by atoms with van der Waals surface area (Å²) < 4.78 is 5.73. The topological polar surface area (TPSA) is 21.3 Å². The minimum absolute atomic E-state index is 0.415. The maximum atomic E-state index is 5.73. The van der Waals surface area contributed by atoms with Gasteiger partial charge in [0.15, 0.2) is 0 Å². The molecule has 2 aliphatic heterocycles. The quantitative estimate of drug-likeness (QED) is 0.643. The Morgan fingerprint density at radius 2 is 2.42 bits per heavy atom. The first-order valence-electron chi connectivity index (χ1n) is 4.83. The van der Waals surface area contributed by atoms with Crippen molar-refractivity contribution in [2.45, 2.75) is 50.5 Å². The van der Waals surface area contributed by atoms with Gasteiger partial charge in [0, 0.05) is 12.1 Å². The third kappa shape index (κ3) is 1.41. The van der Waals surface area contributed by atoms with E-state index in [1.807, 2.05) is 6.08 Å². The zero-order valence-corrected chi connectivity index (χ0v) is 7.62. The lowest BCUT2D eigenvalue weighted by atomic mass is 9.95. The first kappa shape index (κ1) is 8.27. The molecule has 2 fully saturated rings. The molecule has 0 saturated carbocycles. The largest absolute Gasteiger partial charge is 0.373 e. The zero-order valence-electron chi connectivity index (χ0n) is 7.62. The van der Waals surface area contributed by atoms with Crippen LogP contribution in [-0.2, 0) is 4.74 Å². The fourth-order valence-electron chi connectivity index (χ4n) is 2.22. The summed E-state index contributed by atoms with van der Waals surface area (Å²) >= 11 is 0. The van der Waals surface area contributed by atoms with Crippen LogP contribution >= 0.6 is 0 Å². The van der Waals surface area contributed by atoms with E-state index < -0.39 is 0 Å². The van der Waals surface area contributed by atoms with Gasteiger partial charge >= 0.3 is 0 Å². The van der Waals surface area contributed by atoms with E-state index in [4.69, 9.17) is 4.74 Å². The van der Waals surface area contributed by atoms with Crippen molar-refractivity contribution in [1.29, 1.82) is 0 Å². The fraction of sp³-hybridized carbons (Fsp3) is 0.800. The van der Waals surface area contributed by atoms with Crippen molar-refractivity contribution >= 4 is 0 Å². The van der Waals surface area contributed by atoms with Gasteiger partial charge in [0.1, 0.15) is 0 Å². The molecule has 2 nitrogen and oxygen atoms in total. The Morgan fingerprint density at radius 3 is 2.92 bits per heavy atom. The molecule has 4 atom stereocenters. The molecule has 12 heavy (non-hydrogen) atoms. The van der Waals surface area contributed by atoms with E-state index in [1.165, 1.54) is 19.3 Å². The molecule has 4 unspecified atom stereocenters. The summed E-state index contributed by atoms with van der Waals surface area (Å²) in [5.41, 5.74) is 0. The summed E-state index contributed by atoms with van der Waals surface area (Å²) in [6, 6.07) is 0.995. The van der Waals surface area contributed by atoms with Gasteiger partial charge in [0.05, 0.1) is 12.2 Å². The summed E-state index contributed by atoms with van der Waals surface area (Å²) in [7, 11) is 0. The van der Waals surface area contributed by atoms with Gasteiger partial charge in [0.2, 0.25) is 0 Å². The van der Waals surface area contributed by atoms with Gasteiger partial charge in [-0.3, -0.25) is 0 Å². The molecule has 0 aromatic rings. The van der Waals surface area contributed by atoms with Gasteiger partial charge in [-0.1, -0.05) is 6.08 Å². The van der Waals surface area contributed by atoms with Crippen LogP contribution in [0.15, 0.2) is 12.7 Å². The average molecular weight is 167 g/mol. The van der Waals surface area contributed by atoms with Crippen molar-refractivity contribution in [2.24, 2.45) is 0 Å². The maximum absolute atomic E-state index is 5.73. The highest BCUT2D eigenvalue weighted by Crippen LogP contribution is 2.34. The van der Waals surface area contributed by atoms with Crippen LogP contribution in [-0.4, -0.2) is 24.3 Å². The molecular formula is C10H17NO. The minimum Gasteiger partial charge on any atom is -0.373 e. The van der Waals surface area contributed by atoms with Crippen LogP contribution in [0, 0.1) is 0 Å². The molecule has 0 aromatic heterocycles. The first-order valence-corrected chi connectivity index (χ1v) is 4.83. The normalized spacial score (nSPS) is 41.6. The van der Waals surface area contributed by atoms with E-state index in [-0.39, 0.29) is 0 Å². The van der Waals surface area contributed by atoms with Crippen molar-refractivity contribution in [2.75, 3.05) is 0 Å². The lowest BCUT2D eigenvalue weighted by Crippen LogP contribution is -2.41. The van der Waals surface area contributed by atoms with Crippen LogP contribution in [0.5, 0.6) is 0 Å². The minimum atomic E-state index is 0.415. The summed E-state index contributed by atoms with van der Waals surface area (Å²) in [4.78, 5) is 0. The Bertz CT molecular complexity index is 181. The van der Waals surface area contributed by atoms with Crippen LogP contribution in [0.1, 0.15) is 26.2 Å². The Kier molecular flexibility index (Phi) is 2.20. The van der Waals surface area contributed by atoms with E-state index >= 15 is 0 Å². The number of fused-ring (bicyclic) bond motifs is 2. The average Bonchev–Trinajstić information content (AvgIpc) is 2.64. The molecule has 2 saturated heterocycles. The van der Waals surface area contributed by atoms with E-state index in [0.717, 1.165) is 0 Å². The van der Waals surface area contributed by atoms with E-state index in [9.17, 15) is 0 Å². The molecule has 0 aromatic carbocycles. The molecule has 2 aliphatic rings. The predicted octanol–water partition coefficient (Wildman–Crippen LogP) is 1.47. The highest BCUT2D eigenvalue weighted by Gasteiger charge is 2.40. The van der Waals surface area contributed by atoms with E-state index in [2.05, 4.69) is 18.8 Å². The molecular weight excluding hydrogens is 150 g/mol. The molecule has 0 amide bonds. The lowest BCUT2D eigenvalue weighted by molar-refractivity contribution is 0.0969. The van der Waals surface area contributed by atoms with Crippen LogP contribution < -0.4 is 5.32 Å². The molecule has 0 radical (unpaired) electrons. The third-order valence-electron chi connectivity index (χ3n) is 2.94. The van der Waals surface area contributed by atoms with Gasteiger partial charge in [0.25, 0.3) is 0 Å². The number of ether oxygens (including phenoxy) is 1. The highest BCUT2D eigenvalue weighted by molar-refractivity contribution is 4.97. The Hall–Kier alpha value is -0.340. The van der Waals surface area contributed by atoms with Gasteiger partial charge in [-0.2, -0.15) is 0 Å². The maximum Gasteiger partial charge on any atom is 0.0733 e. The van der Waals surface area contributed by atoms with Gasteiger partial charge in [-0.15, -0.1) is 6.58 Å². The SMILES string of the molecule is C=CC(C)NC1CC2CCC1O2. The van der Waals surface area contributed by atoms with Crippen LogP contribution in [0.4, 0.5) is 0 Å². The summed E-state index contributed by atoms with van der Waals surface area (Å²) in [6.45, 7) is 5.90. The second kappa shape index (κ2) is 3.19. The van der Waals surface area contributed by atoms with Crippen molar-refractivity contribution < 1.29 is 4.74 Å². The van der Waals surface area contributed by atoms with E-state index in [0.29, 0.717) is 24.3 Å². The fourth-order valence-corrected chi connectivity index (χ4v) is 2.22. The van der Waals surface area contributed by atoms with Crippen molar-refractivity contribution in [1.82, 2.24) is 5.32 Å². The smallest absolute Gasteiger partial charge is 0.0733 e. The summed E-state index contributed by atoms with van der Waals surface area (Å²) in [6.07, 6.45) is 6.69. The van der Waals surface area contributed by atoms with Crippen molar-refractivity contribution in [3.05, 3.63) is 12.7 Å². The number of rotatable bonds is 3. The second-order valence-electron chi connectivity index (χ2n) is 3.91. The van der Waals surface area contributed by atoms with Gasteiger partial charge in [-0.05, 0) is 26.2 Å². The molecule has 2 bridgehead atoms. The molecule has 1 N–H and O–H groups in total. The van der Waals surface area contributed by atoms with Crippen LogP contribution in [0.3, 0.4) is 0 Å². The molecule has 2 heterocycles. The monoisotopic (exact) mass is 167 g/mol. The van der Waals surface area contributed by atoms with Crippen LogP contribution in [0.25, 0.3) is 0 Å². The van der Waals surface area contributed by atoms with Gasteiger partial charge in [-0.25, -0.2) is 0 Å². The number of nitrogens with one attached hydrogen (secondary N) is 1. The molecule has 0 aliphatic carbocycles. The standard InChI is InChI=1S/C10H17NO/c1-3-7(2)11-9-6-8-4-5-10(9)12-8/h3,7-11H,1,4-6H2,2H3. The molecule has 0 spiro atoms. The summed E-state index contributed by atoms with van der Waals surface area (Å²) in [5, 5.41) is 3.52. The molecule has 2 rings (SSSR count). The lowest BCUT2D eigenvalue weighted by Gasteiger charge is -2.22. The Labute approximate surface area is 74.0 Å². The molecule has 2 heteroatoms. The molecule has 68 valence electrons. The zero-order chi connectivity index (χ0) is 8.55. The predicted molar refractivity (Wildman–Crippen MR) is 49.1 cm³/mol.